The lowest BCUT2D eigenvalue weighted by Crippen LogP contribution is -2.04. The summed E-state index contributed by atoms with van der Waals surface area (Å²) >= 11 is 5.27. The molecule has 78 valence electrons. The van der Waals surface area contributed by atoms with E-state index in [1.807, 2.05) is 18.2 Å². The highest BCUT2D eigenvalue weighted by atomic mass is 79.9. The first kappa shape index (κ1) is 10.7. The van der Waals surface area contributed by atoms with E-state index in [0.717, 1.165) is 23.1 Å². The predicted octanol–water partition coefficient (Wildman–Crippen LogP) is 4.17. The van der Waals surface area contributed by atoms with Gasteiger partial charge in [-0.1, -0.05) is 12.1 Å². The molecule has 0 amide bonds. The predicted molar refractivity (Wildman–Crippen MR) is 70.7 cm³/mol. The summed E-state index contributed by atoms with van der Waals surface area (Å²) in [4.78, 5) is 0. The van der Waals surface area contributed by atoms with Gasteiger partial charge >= 0.3 is 0 Å². The van der Waals surface area contributed by atoms with Crippen LogP contribution in [0.3, 0.4) is 0 Å². The summed E-state index contributed by atoms with van der Waals surface area (Å²) in [7, 11) is 0. The molecule has 3 heteroatoms. The normalized spacial score (nSPS) is 10.2. The molecular weight excluding hydrogens is 270 g/mol. The summed E-state index contributed by atoms with van der Waals surface area (Å²) in [6, 6.07) is 10.4. The Kier molecular flexibility index (Phi) is 3.80. The first-order chi connectivity index (χ1) is 7.36. The minimum Gasteiger partial charge on any atom is -0.384 e. The van der Waals surface area contributed by atoms with Crippen LogP contribution in [0.15, 0.2) is 45.6 Å². The number of nitrogens with one attached hydrogen (secondary N) is 1. The molecule has 1 aromatic heterocycles. The third-order valence-corrected chi connectivity index (χ3v) is 3.61. The minimum absolute atomic E-state index is 0.972. The van der Waals surface area contributed by atoms with Crippen LogP contribution in [0.1, 0.15) is 5.56 Å². The van der Waals surface area contributed by atoms with Gasteiger partial charge in [-0.2, -0.15) is 11.3 Å². The van der Waals surface area contributed by atoms with Crippen LogP contribution in [-0.4, -0.2) is 6.54 Å². The molecule has 2 rings (SSSR count). The molecule has 0 radical (unpaired) electrons. The molecule has 1 N–H and O–H groups in total. The Balaban J connectivity index is 1.86. The molecule has 0 saturated heterocycles. The third-order valence-electron chi connectivity index (χ3n) is 2.18. The van der Waals surface area contributed by atoms with Gasteiger partial charge in [-0.15, -0.1) is 0 Å². The number of halogens is 1. The fourth-order valence-electron chi connectivity index (χ4n) is 1.38. The topological polar surface area (TPSA) is 12.0 Å². The van der Waals surface area contributed by atoms with E-state index in [4.69, 9.17) is 0 Å². The first-order valence-corrected chi connectivity index (χ1v) is 6.59. The SMILES string of the molecule is Brc1ccccc1NCCc1ccsc1. The average molecular weight is 282 g/mol. The molecule has 0 unspecified atom stereocenters. The summed E-state index contributed by atoms with van der Waals surface area (Å²) < 4.78 is 1.12. The Morgan fingerprint density at radius 2 is 2.07 bits per heavy atom. The number of hydrogen-bond donors (Lipinski definition) is 1. The number of rotatable bonds is 4. The zero-order valence-corrected chi connectivity index (χ0v) is 10.6. The van der Waals surface area contributed by atoms with E-state index in [1.54, 1.807) is 11.3 Å². The van der Waals surface area contributed by atoms with E-state index < -0.39 is 0 Å². The highest BCUT2D eigenvalue weighted by Gasteiger charge is 1.97. The maximum atomic E-state index is 3.51. The lowest BCUT2D eigenvalue weighted by Gasteiger charge is -2.07. The molecule has 1 nitrogen and oxygen atoms in total. The minimum atomic E-state index is 0.972. The Hall–Kier alpha value is -0.800. The second kappa shape index (κ2) is 5.33. The second-order valence-corrected chi connectivity index (χ2v) is 4.92. The number of hydrogen-bond acceptors (Lipinski definition) is 2. The van der Waals surface area contributed by atoms with E-state index in [9.17, 15) is 0 Å². The summed E-state index contributed by atoms with van der Waals surface area (Å²) in [5, 5.41) is 7.72. The van der Waals surface area contributed by atoms with Gasteiger partial charge in [-0.25, -0.2) is 0 Å². The van der Waals surface area contributed by atoms with E-state index in [1.165, 1.54) is 5.56 Å². The van der Waals surface area contributed by atoms with E-state index in [-0.39, 0.29) is 0 Å². The Labute approximate surface area is 102 Å². The van der Waals surface area contributed by atoms with Gasteiger partial charge in [-0.05, 0) is 56.9 Å². The van der Waals surface area contributed by atoms with Gasteiger partial charge in [-0.3, -0.25) is 0 Å². The van der Waals surface area contributed by atoms with Crippen molar-refractivity contribution in [2.75, 3.05) is 11.9 Å². The van der Waals surface area contributed by atoms with Gasteiger partial charge < -0.3 is 5.32 Å². The smallest absolute Gasteiger partial charge is 0.0484 e. The van der Waals surface area contributed by atoms with Crippen LogP contribution >= 0.6 is 27.3 Å². The molecular formula is C12H12BrNS. The van der Waals surface area contributed by atoms with Crippen LogP contribution < -0.4 is 5.32 Å². The van der Waals surface area contributed by atoms with Gasteiger partial charge in [0.05, 0.1) is 0 Å². The molecule has 15 heavy (non-hydrogen) atoms. The van der Waals surface area contributed by atoms with Crippen LogP contribution in [0.25, 0.3) is 0 Å². The Morgan fingerprint density at radius 1 is 1.20 bits per heavy atom. The molecule has 0 aliphatic rings. The molecule has 2 aromatic rings. The highest BCUT2D eigenvalue weighted by molar-refractivity contribution is 9.10. The lowest BCUT2D eigenvalue weighted by molar-refractivity contribution is 1.03. The quantitative estimate of drug-likeness (QED) is 0.887. The van der Waals surface area contributed by atoms with Crippen molar-refractivity contribution in [3.63, 3.8) is 0 Å². The first-order valence-electron chi connectivity index (χ1n) is 4.86. The number of para-hydroxylation sites is 1. The van der Waals surface area contributed by atoms with Crippen molar-refractivity contribution in [1.29, 1.82) is 0 Å². The number of anilines is 1. The standard InChI is InChI=1S/C12H12BrNS/c13-11-3-1-2-4-12(11)14-7-5-10-6-8-15-9-10/h1-4,6,8-9,14H,5,7H2. The van der Waals surface area contributed by atoms with E-state index in [0.29, 0.717) is 0 Å². The second-order valence-electron chi connectivity index (χ2n) is 3.29. The summed E-state index contributed by atoms with van der Waals surface area (Å²) in [6.07, 6.45) is 1.07. The van der Waals surface area contributed by atoms with Crippen LogP contribution in [-0.2, 0) is 6.42 Å². The molecule has 1 heterocycles. The van der Waals surface area contributed by atoms with Crippen molar-refractivity contribution in [3.05, 3.63) is 51.1 Å². The largest absolute Gasteiger partial charge is 0.384 e. The summed E-state index contributed by atoms with van der Waals surface area (Å²) in [5.41, 5.74) is 2.56. The average Bonchev–Trinajstić information content (AvgIpc) is 2.74. The van der Waals surface area contributed by atoms with Gasteiger partial charge in [0.2, 0.25) is 0 Å². The van der Waals surface area contributed by atoms with E-state index in [2.05, 4.69) is 44.1 Å². The van der Waals surface area contributed by atoms with Crippen LogP contribution in [0.5, 0.6) is 0 Å². The molecule has 0 fully saturated rings. The molecule has 0 aliphatic carbocycles. The molecule has 0 atom stereocenters. The van der Waals surface area contributed by atoms with Gasteiger partial charge in [0.25, 0.3) is 0 Å². The van der Waals surface area contributed by atoms with Crippen molar-refractivity contribution in [2.24, 2.45) is 0 Å². The van der Waals surface area contributed by atoms with Crippen molar-refractivity contribution >= 4 is 33.0 Å². The van der Waals surface area contributed by atoms with Crippen molar-refractivity contribution in [1.82, 2.24) is 0 Å². The molecule has 0 spiro atoms. The molecule has 0 bridgehead atoms. The molecule has 0 aliphatic heterocycles. The number of benzene rings is 1. The van der Waals surface area contributed by atoms with Gasteiger partial charge in [0, 0.05) is 16.7 Å². The van der Waals surface area contributed by atoms with Gasteiger partial charge in [0.1, 0.15) is 0 Å². The summed E-state index contributed by atoms with van der Waals surface area (Å²) in [6.45, 7) is 0.972. The fourth-order valence-corrected chi connectivity index (χ4v) is 2.51. The monoisotopic (exact) mass is 281 g/mol. The Morgan fingerprint density at radius 3 is 2.80 bits per heavy atom. The van der Waals surface area contributed by atoms with Crippen molar-refractivity contribution < 1.29 is 0 Å². The molecule has 1 aromatic carbocycles. The molecule has 0 saturated carbocycles. The van der Waals surface area contributed by atoms with Crippen molar-refractivity contribution in [2.45, 2.75) is 6.42 Å². The summed E-state index contributed by atoms with van der Waals surface area (Å²) in [5.74, 6) is 0. The number of thiophene rings is 1. The van der Waals surface area contributed by atoms with Crippen LogP contribution in [0, 0.1) is 0 Å². The van der Waals surface area contributed by atoms with Crippen LogP contribution in [0.4, 0.5) is 5.69 Å². The fraction of sp³-hybridized carbons (Fsp3) is 0.167. The highest BCUT2D eigenvalue weighted by Crippen LogP contribution is 2.21. The Bertz CT molecular complexity index is 411. The zero-order valence-electron chi connectivity index (χ0n) is 8.24. The maximum absolute atomic E-state index is 3.51. The lowest BCUT2D eigenvalue weighted by atomic mass is 10.2. The third kappa shape index (κ3) is 3.08. The van der Waals surface area contributed by atoms with Gasteiger partial charge in [0.15, 0.2) is 0 Å². The maximum Gasteiger partial charge on any atom is 0.0484 e. The van der Waals surface area contributed by atoms with E-state index >= 15 is 0 Å². The zero-order chi connectivity index (χ0) is 10.5. The van der Waals surface area contributed by atoms with Crippen LogP contribution in [0.2, 0.25) is 0 Å². The van der Waals surface area contributed by atoms with Crippen molar-refractivity contribution in [3.8, 4) is 0 Å².